The number of aliphatic hydroxyl groups is 1. The van der Waals surface area contributed by atoms with Crippen molar-refractivity contribution in [1.29, 1.82) is 0 Å². The van der Waals surface area contributed by atoms with Gasteiger partial charge in [-0.25, -0.2) is 4.98 Å². The highest BCUT2D eigenvalue weighted by molar-refractivity contribution is 9.10. The highest BCUT2D eigenvalue weighted by Gasteiger charge is 2.01. The molecule has 0 aliphatic rings. The summed E-state index contributed by atoms with van der Waals surface area (Å²) >= 11 is 3.40. The van der Waals surface area contributed by atoms with Gasteiger partial charge in [-0.3, -0.25) is 0 Å². The van der Waals surface area contributed by atoms with Gasteiger partial charge in [0.2, 0.25) is 0 Å². The zero-order valence-corrected chi connectivity index (χ0v) is 8.43. The molecule has 0 aromatic carbocycles. The Kier molecular flexibility index (Phi) is 3.49. The fourth-order valence-electron chi connectivity index (χ4n) is 0.838. The van der Waals surface area contributed by atoms with Gasteiger partial charge in [-0.2, -0.15) is 0 Å². The van der Waals surface area contributed by atoms with E-state index >= 15 is 0 Å². The molecule has 4 heteroatoms. The number of anilines is 1. The maximum atomic E-state index is 8.58. The van der Waals surface area contributed by atoms with Crippen molar-refractivity contribution < 1.29 is 5.11 Å². The third-order valence-electron chi connectivity index (χ3n) is 1.49. The predicted octanol–water partition coefficient (Wildman–Crippen LogP) is 1.56. The van der Waals surface area contributed by atoms with Gasteiger partial charge in [0.15, 0.2) is 0 Å². The third-order valence-corrected chi connectivity index (χ3v) is 2.49. The molecule has 0 bridgehead atoms. The lowest BCUT2D eigenvalue weighted by molar-refractivity contribution is 0.311. The first-order valence-electron chi connectivity index (χ1n) is 3.71. The van der Waals surface area contributed by atoms with Crippen LogP contribution in [-0.2, 0) is 0 Å². The summed E-state index contributed by atoms with van der Waals surface area (Å²) in [5, 5.41) is 11.6. The van der Waals surface area contributed by atoms with E-state index in [0.29, 0.717) is 6.54 Å². The van der Waals surface area contributed by atoms with Crippen LogP contribution in [0, 0.1) is 6.92 Å². The average Bonchev–Trinajstić information content (AvgIpc) is 2.08. The van der Waals surface area contributed by atoms with Crippen molar-refractivity contribution in [2.75, 3.05) is 18.5 Å². The molecule has 0 amide bonds. The maximum absolute atomic E-state index is 8.58. The molecule has 1 aromatic heterocycles. The monoisotopic (exact) mass is 230 g/mol. The standard InChI is InChI=1S/C8H11BrN2O/c1-6-2-3-10-8(7(6)9)11-4-5-12/h2-3,12H,4-5H2,1H3,(H,10,11). The van der Waals surface area contributed by atoms with Crippen LogP contribution in [0.3, 0.4) is 0 Å². The van der Waals surface area contributed by atoms with E-state index in [-0.39, 0.29) is 6.61 Å². The number of pyridine rings is 1. The first-order chi connectivity index (χ1) is 5.75. The molecule has 2 N–H and O–H groups in total. The molecule has 12 heavy (non-hydrogen) atoms. The minimum atomic E-state index is 0.113. The number of rotatable bonds is 3. The summed E-state index contributed by atoms with van der Waals surface area (Å²) in [4.78, 5) is 4.11. The van der Waals surface area contributed by atoms with Crippen LogP contribution in [0.15, 0.2) is 16.7 Å². The van der Waals surface area contributed by atoms with E-state index < -0.39 is 0 Å². The van der Waals surface area contributed by atoms with Gasteiger partial charge in [0.1, 0.15) is 5.82 Å². The zero-order valence-electron chi connectivity index (χ0n) is 6.84. The van der Waals surface area contributed by atoms with Gasteiger partial charge in [0, 0.05) is 12.7 Å². The van der Waals surface area contributed by atoms with Gasteiger partial charge in [-0.1, -0.05) is 0 Å². The first kappa shape index (κ1) is 9.48. The summed E-state index contributed by atoms with van der Waals surface area (Å²) in [5.41, 5.74) is 1.13. The van der Waals surface area contributed by atoms with E-state index in [0.717, 1.165) is 15.9 Å². The van der Waals surface area contributed by atoms with Crippen molar-refractivity contribution in [3.05, 3.63) is 22.3 Å². The molecule has 1 heterocycles. The summed E-state index contributed by atoms with van der Waals surface area (Å²) in [6, 6.07) is 1.92. The van der Waals surface area contributed by atoms with Crippen LogP contribution in [-0.4, -0.2) is 23.2 Å². The summed E-state index contributed by atoms with van der Waals surface area (Å²) < 4.78 is 0.957. The van der Waals surface area contributed by atoms with E-state index in [2.05, 4.69) is 26.2 Å². The van der Waals surface area contributed by atoms with Gasteiger partial charge < -0.3 is 10.4 Å². The van der Waals surface area contributed by atoms with Crippen molar-refractivity contribution >= 4 is 21.7 Å². The Morgan fingerprint density at radius 1 is 1.67 bits per heavy atom. The molecule has 0 atom stereocenters. The van der Waals surface area contributed by atoms with Crippen molar-refractivity contribution in [2.24, 2.45) is 0 Å². The number of aromatic nitrogens is 1. The van der Waals surface area contributed by atoms with Gasteiger partial charge in [-0.15, -0.1) is 0 Å². The maximum Gasteiger partial charge on any atom is 0.140 e. The number of nitrogens with zero attached hydrogens (tertiary/aromatic N) is 1. The van der Waals surface area contributed by atoms with Crippen LogP contribution in [0.2, 0.25) is 0 Å². The van der Waals surface area contributed by atoms with E-state index in [1.807, 2.05) is 13.0 Å². The van der Waals surface area contributed by atoms with Crippen LogP contribution in [0.5, 0.6) is 0 Å². The molecule has 0 saturated heterocycles. The SMILES string of the molecule is Cc1ccnc(NCCO)c1Br. The van der Waals surface area contributed by atoms with Gasteiger partial charge in [-0.05, 0) is 34.5 Å². The fourth-order valence-corrected chi connectivity index (χ4v) is 1.21. The smallest absolute Gasteiger partial charge is 0.140 e. The van der Waals surface area contributed by atoms with Crippen molar-refractivity contribution in [2.45, 2.75) is 6.92 Å². The van der Waals surface area contributed by atoms with Crippen molar-refractivity contribution in [3.63, 3.8) is 0 Å². The molecule has 0 radical (unpaired) electrons. The van der Waals surface area contributed by atoms with E-state index in [4.69, 9.17) is 5.11 Å². The Hall–Kier alpha value is -0.610. The number of hydrogen-bond donors (Lipinski definition) is 2. The minimum Gasteiger partial charge on any atom is -0.395 e. The molecule has 0 unspecified atom stereocenters. The Morgan fingerprint density at radius 2 is 2.42 bits per heavy atom. The Bertz CT molecular complexity index is 265. The summed E-state index contributed by atoms with van der Waals surface area (Å²) in [6.07, 6.45) is 1.74. The minimum absolute atomic E-state index is 0.113. The Balaban J connectivity index is 2.78. The van der Waals surface area contributed by atoms with Gasteiger partial charge >= 0.3 is 0 Å². The Labute approximate surface area is 80.0 Å². The van der Waals surface area contributed by atoms with Crippen LogP contribution in [0.4, 0.5) is 5.82 Å². The average molecular weight is 231 g/mol. The molecule has 1 aromatic rings. The van der Waals surface area contributed by atoms with Crippen molar-refractivity contribution in [3.8, 4) is 0 Å². The normalized spacial score (nSPS) is 9.92. The molecule has 0 saturated carbocycles. The molecule has 0 aliphatic heterocycles. The van der Waals surface area contributed by atoms with Crippen molar-refractivity contribution in [1.82, 2.24) is 4.98 Å². The number of nitrogens with one attached hydrogen (secondary N) is 1. The predicted molar refractivity (Wildman–Crippen MR) is 52.2 cm³/mol. The Morgan fingerprint density at radius 3 is 3.08 bits per heavy atom. The topological polar surface area (TPSA) is 45.2 Å². The largest absolute Gasteiger partial charge is 0.395 e. The number of aryl methyl sites for hydroxylation is 1. The molecule has 1 rings (SSSR count). The summed E-state index contributed by atoms with van der Waals surface area (Å²) in [5.74, 6) is 0.782. The summed E-state index contributed by atoms with van der Waals surface area (Å²) in [6.45, 7) is 2.63. The van der Waals surface area contributed by atoms with Gasteiger partial charge in [0.25, 0.3) is 0 Å². The molecular formula is C8H11BrN2O. The lowest BCUT2D eigenvalue weighted by atomic mass is 10.3. The highest BCUT2D eigenvalue weighted by Crippen LogP contribution is 2.22. The lowest BCUT2D eigenvalue weighted by Gasteiger charge is -2.06. The molecule has 0 spiro atoms. The van der Waals surface area contributed by atoms with Crippen LogP contribution in [0.25, 0.3) is 0 Å². The fraction of sp³-hybridized carbons (Fsp3) is 0.375. The zero-order chi connectivity index (χ0) is 8.97. The number of halogens is 1. The lowest BCUT2D eigenvalue weighted by Crippen LogP contribution is -2.07. The molecule has 3 nitrogen and oxygen atoms in total. The van der Waals surface area contributed by atoms with Crippen LogP contribution < -0.4 is 5.32 Å². The molecular weight excluding hydrogens is 220 g/mol. The third kappa shape index (κ3) is 2.19. The van der Waals surface area contributed by atoms with Crippen LogP contribution >= 0.6 is 15.9 Å². The van der Waals surface area contributed by atoms with E-state index in [9.17, 15) is 0 Å². The highest BCUT2D eigenvalue weighted by atomic mass is 79.9. The second-order valence-electron chi connectivity index (χ2n) is 2.44. The molecule has 66 valence electrons. The second kappa shape index (κ2) is 4.42. The van der Waals surface area contributed by atoms with Crippen LogP contribution in [0.1, 0.15) is 5.56 Å². The quantitative estimate of drug-likeness (QED) is 0.829. The first-order valence-corrected chi connectivity index (χ1v) is 4.51. The number of aliphatic hydroxyl groups excluding tert-OH is 1. The summed E-state index contributed by atoms with van der Waals surface area (Å²) in [7, 11) is 0. The van der Waals surface area contributed by atoms with E-state index in [1.165, 1.54) is 0 Å². The van der Waals surface area contributed by atoms with E-state index in [1.54, 1.807) is 6.20 Å². The number of hydrogen-bond acceptors (Lipinski definition) is 3. The van der Waals surface area contributed by atoms with Gasteiger partial charge in [0.05, 0.1) is 11.1 Å². The molecule has 0 aliphatic carbocycles. The molecule has 0 fully saturated rings. The second-order valence-corrected chi connectivity index (χ2v) is 3.23.